The van der Waals surface area contributed by atoms with Gasteiger partial charge in [-0.15, -0.1) is 0 Å². The molecule has 0 atom stereocenters. The summed E-state index contributed by atoms with van der Waals surface area (Å²) < 4.78 is 94.9. The van der Waals surface area contributed by atoms with Crippen molar-refractivity contribution in [3.63, 3.8) is 0 Å². The fraction of sp³-hybridized carbons (Fsp3) is 0.571. The number of rotatable bonds is 36. The molecule has 0 heterocycles. The summed E-state index contributed by atoms with van der Waals surface area (Å²) >= 11 is 0. The van der Waals surface area contributed by atoms with Gasteiger partial charge < -0.3 is 14.2 Å². The fourth-order valence-electron chi connectivity index (χ4n) is 13.9. The highest BCUT2D eigenvalue weighted by molar-refractivity contribution is 5.66. The monoisotopic (exact) mass is 1280 g/mol. The van der Waals surface area contributed by atoms with Gasteiger partial charge in [-0.3, -0.25) is 0 Å². The maximum atomic E-state index is 12.9. The van der Waals surface area contributed by atoms with Gasteiger partial charge in [-0.25, -0.2) is 26.3 Å². The zero-order chi connectivity index (χ0) is 65.7. The lowest BCUT2D eigenvalue weighted by Crippen LogP contribution is -2.19. The molecule has 0 radical (unpaired) electrons. The first-order valence-electron chi connectivity index (χ1n) is 36.9. The number of hydrogen-bond donors (Lipinski definition) is 0. The summed E-state index contributed by atoms with van der Waals surface area (Å²) in [5.74, 6) is 2.86. The molecule has 93 heavy (non-hydrogen) atoms. The molecule has 3 saturated carbocycles. The lowest BCUT2D eigenvalue weighted by Gasteiger charge is -2.28. The Morgan fingerprint density at radius 3 is 0.624 bits per heavy atom. The minimum absolute atomic E-state index is 0.401. The van der Waals surface area contributed by atoms with Gasteiger partial charge in [0.15, 0.2) is 0 Å². The van der Waals surface area contributed by atoms with Gasteiger partial charge in [0.25, 0.3) is 0 Å². The summed E-state index contributed by atoms with van der Waals surface area (Å²) in [6, 6.07) is 51.0. The molecule has 0 amide bonds. The molecule has 9 rings (SSSR count). The maximum absolute atomic E-state index is 12.9. The number of alkyl halides is 6. The first-order chi connectivity index (χ1) is 45.5. The second-order valence-corrected chi connectivity index (χ2v) is 27.2. The van der Waals surface area contributed by atoms with Gasteiger partial charge in [0.2, 0.25) is 19.3 Å². The highest BCUT2D eigenvalue weighted by Gasteiger charge is 2.30. The van der Waals surface area contributed by atoms with E-state index in [1.807, 2.05) is 12.1 Å². The third kappa shape index (κ3) is 27.1. The van der Waals surface area contributed by atoms with Gasteiger partial charge in [0, 0.05) is 17.8 Å². The molecule has 0 bridgehead atoms. The van der Waals surface area contributed by atoms with E-state index >= 15 is 0 Å². The number of unbranched alkanes of at least 4 members (excludes halogenated alkanes) is 18. The van der Waals surface area contributed by atoms with Crippen molar-refractivity contribution in [3.8, 4) is 50.6 Å². The molecule has 0 N–H and O–H groups in total. The molecule has 0 unspecified atom stereocenters. The number of halogens is 6. The third-order valence-electron chi connectivity index (χ3n) is 20.1. The largest absolute Gasteiger partial charge is 0.494 e. The van der Waals surface area contributed by atoms with Crippen molar-refractivity contribution in [1.29, 1.82) is 0 Å². The molecular weight excluding hydrogens is 1170 g/mol. The Morgan fingerprint density at radius 2 is 0.430 bits per heavy atom. The van der Waals surface area contributed by atoms with Gasteiger partial charge in [-0.1, -0.05) is 246 Å². The summed E-state index contributed by atoms with van der Waals surface area (Å²) in [7, 11) is 0. The fourth-order valence-corrected chi connectivity index (χ4v) is 13.9. The Hall–Kier alpha value is -5.70. The lowest BCUT2D eigenvalue weighted by molar-refractivity contribution is 0.0525. The second-order valence-electron chi connectivity index (χ2n) is 27.2. The molecule has 3 fully saturated rings. The van der Waals surface area contributed by atoms with Crippen LogP contribution in [0, 0.1) is 17.8 Å². The van der Waals surface area contributed by atoms with Gasteiger partial charge in [0.05, 0.1) is 19.8 Å². The van der Waals surface area contributed by atoms with E-state index in [9.17, 15) is 26.3 Å². The smallest absolute Gasteiger partial charge is 0.241 e. The zero-order valence-corrected chi connectivity index (χ0v) is 57.0. The van der Waals surface area contributed by atoms with Crippen molar-refractivity contribution in [1.82, 2.24) is 0 Å². The quantitative estimate of drug-likeness (QED) is 0.0290. The summed E-state index contributed by atoms with van der Waals surface area (Å²) in [4.78, 5) is 0. The molecule has 3 aliphatic carbocycles. The molecule has 3 nitrogen and oxygen atoms in total. The highest BCUT2D eigenvalue weighted by atomic mass is 19.3. The van der Waals surface area contributed by atoms with Crippen LogP contribution in [0.3, 0.4) is 0 Å². The van der Waals surface area contributed by atoms with Gasteiger partial charge in [0.1, 0.15) is 17.2 Å². The lowest BCUT2D eigenvalue weighted by atomic mass is 9.78. The summed E-state index contributed by atoms with van der Waals surface area (Å²) in [6.45, 7) is 9.11. The maximum Gasteiger partial charge on any atom is 0.241 e. The minimum atomic E-state index is -2.16. The Morgan fingerprint density at radius 1 is 0.247 bits per heavy atom. The predicted octanol–water partition coefficient (Wildman–Crippen LogP) is 27.1. The van der Waals surface area contributed by atoms with Crippen LogP contribution in [0.1, 0.15) is 267 Å². The molecule has 9 heteroatoms. The van der Waals surface area contributed by atoms with E-state index in [1.165, 1.54) is 166 Å². The molecule has 6 aromatic carbocycles. The topological polar surface area (TPSA) is 27.7 Å². The molecule has 0 spiro atoms. The number of benzene rings is 6. The van der Waals surface area contributed by atoms with Crippen LogP contribution in [0.25, 0.3) is 33.4 Å². The van der Waals surface area contributed by atoms with Gasteiger partial charge in [-0.05, 0) is 201 Å². The third-order valence-corrected chi connectivity index (χ3v) is 20.1. The predicted molar refractivity (Wildman–Crippen MR) is 378 cm³/mol. The van der Waals surface area contributed by atoms with Crippen LogP contribution in [-0.4, -0.2) is 39.1 Å². The molecule has 0 aromatic heterocycles. The van der Waals surface area contributed by atoms with Crippen molar-refractivity contribution in [3.05, 3.63) is 162 Å². The highest BCUT2D eigenvalue weighted by Crippen LogP contribution is 2.42. The van der Waals surface area contributed by atoms with Crippen LogP contribution in [0.2, 0.25) is 0 Å². The van der Waals surface area contributed by atoms with Crippen molar-refractivity contribution in [2.45, 2.75) is 270 Å². The zero-order valence-electron chi connectivity index (χ0n) is 57.0. The van der Waals surface area contributed by atoms with E-state index in [0.29, 0.717) is 56.3 Å². The Kier molecular flexibility index (Phi) is 34.8. The van der Waals surface area contributed by atoms with E-state index < -0.39 is 37.0 Å². The number of ether oxygens (including phenoxy) is 3. The molecule has 3 aliphatic rings. The summed E-state index contributed by atoms with van der Waals surface area (Å²) in [5.41, 5.74) is 10.9. The average Bonchev–Trinajstić information content (AvgIpc) is 1.53. The number of hydrogen-bond acceptors (Lipinski definition) is 3. The molecular formula is C84H114F6O3. The van der Waals surface area contributed by atoms with Gasteiger partial charge in [-0.2, -0.15) is 0 Å². The summed E-state index contributed by atoms with van der Waals surface area (Å²) in [5, 5.41) is 0. The van der Waals surface area contributed by atoms with E-state index in [2.05, 4.69) is 154 Å². The Labute approximate surface area is 558 Å². The van der Waals surface area contributed by atoms with Crippen LogP contribution in [0.4, 0.5) is 26.3 Å². The molecule has 510 valence electrons. The molecule has 0 saturated heterocycles. The minimum Gasteiger partial charge on any atom is -0.494 e. The van der Waals surface area contributed by atoms with E-state index in [4.69, 9.17) is 14.2 Å². The van der Waals surface area contributed by atoms with Crippen molar-refractivity contribution < 1.29 is 40.6 Å². The molecule has 6 aromatic rings. The normalized spacial score (nSPS) is 19.0. The first-order valence-corrected chi connectivity index (χ1v) is 36.9. The van der Waals surface area contributed by atoms with Crippen molar-refractivity contribution >= 4 is 0 Å². The van der Waals surface area contributed by atoms with Crippen LogP contribution in [0.15, 0.2) is 146 Å². The standard InChI is InChI=1S/C29H40F2O.C28H38F2O.C27H36F2O/c1-2-3-4-5-6-7-8-9-22-32-28-20-18-26(19-21-28)24-12-10-23(11-13-24)25-14-16-27(17-15-25)29(30)31;1-2-3-4-5-6-7-8-21-31-27-19-17-25(18-20-27)23-11-9-22(10-12-23)24-13-15-26(16-14-24)28(29)30;1-2-3-4-5-6-7-20-30-26-18-16-24(17-19-26)22-10-8-21(9-11-22)23-12-14-25(15-13-23)27(28)29/h10-13,18-21,25,27,29H,2-9,14-17,22H2,1H3;9-12,17-20,24,26,28H,2-8,13-16,21H2,1H3;8-11,16-19,23,25,27H,2-7,12-15,20H2,1H3. The van der Waals surface area contributed by atoms with E-state index in [0.717, 1.165) is 94.9 Å². The Balaban J connectivity index is 0.000000198. The van der Waals surface area contributed by atoms with Crippen LogP contribution in [0.5, 0.6) is 17.2 Å². The van der Waals surface area contributed by atoms with Crippen LogP contribution < -0.4 is 14.2 Å². The first kappa shape index (κ1) is 74.7. The van der Waals surface area contributed by atoms with Crippen LogP contribution in [-0.2, 0) is 0 Å². The molecule has 0 aliphatic heterocycles. The summed E-state index contributed by atoms with van der Waals surface area (Å²) in [6.07, 6.45) is 29.8. The van der Waals surface area contributed by atoms with Gasteiger partial charge >= 0.3 is 0 Å². The second kappa shape index (κ2) is 43.4. The van der Waals surface area contributed by atoms with Crippen LogP contribution >= 0.6 is 0 Å². The SMILES string of the molecule is CCCCCCCCCCOc1ccc(-c2ccc(C3CCC(C(F)F)CC3)cc2)cc1.CCCCCCCCCOc1ccc(-c2ccc(C3CCC(C(F)F)CC3)cc2)cc1.CCCCCCCCOc1ccc(-c2ccc(C3CCC(C(F)F)CC3)cc2)cc1. The Bertz CT molecular complexity index is 2810. The van der Waals surface area contributed by atoms with Crippen molar-refractivity contribution in [2.75, 3.05) is 19.8 Å². The van der Waals surface area contributed by atoms with Crippen molar-refractivity contribution in [2.24, 2.45) is 17.8 Å². The average molecular weight is 1290 g/mol. The van der Waals surface area contributed by atoms with E-state index in [1.54, 1.807) is 0 Å². The van der Waals surface area contributed by atoms with E-state index in [-0.39, 0.29) is 0 Å².